The summed E-state index contributed by atoms with van der Waals surface area (Å²) >= 11 is 1.70. The molecular formula is C15H15N3S. The molecule has 0 saturated carbocycles. The lowest BCUT2D eigenvalue weighted by Gasteiger charge is -2.06. The predicted octanol–water partition coefficient (Wildman–Crippen LogP) is 3.92. The fourth-order valence-electron chi connectivity index (χ4n) is 2.01. The molecule has 96 valence electrons. The molecule has 0 aliphatic heterocycles. The third-order valence-electron chi connectivity index (χ3n) is 3.03. The molecule has 19 heavy (non-hydrogen) atoms. The van der Waals surface area contributed by atoms with E-state index in [1.54, 1.807) is 17.7 Å². The number of rotatable bonds is 3. The van der Waals surface area contributed by atoms with Crippen LogP contribution in [-0.4, -0.2) is 9.97 Å². The van der Waals surface area contributed by atoms with Crippen LogP contribution < -0.4 is 5.32 Å². The summed E-state index contributed by atoms with van der Waals surface area (Å²) < 4.78 is 0. The number of benzene rings is 1. The van der Waals surface area contributed by atoms with Gasteiger partial charge in [0.05, 0.1) is 5.39 Å². The maximum atomic E-state index is 4.34. The van der Waals surface area contributed by atoms with Crippen molar-refractivity contribution < 1.29 is 0 Å². The second-order valence-corrected chi connectivity index (χ2v) is 5.87. The van der Waals surface area contributed by atoms with Crippen molar-refractivity contribution in [1.82, 2.24) is 9.97 Å². The first-order chi connectivity index (χ1) is 9.22. The molecule has 0 saturated heterocycles. The van der Waals surface area contributed by atoms with Crippen LogP contribution in [0.25, 0.3) is 10.2 Å². The SMILES string of the molecule is Cc1ccc(CNc2ncnc3sc(C)cc23)cc1. The van der Waals surface area contributed by atoms with Crippen LogP contribution in [0.3, 0.4) is 0 Å². The fourth-order valence-corrected chi connectivity index (χ4v) is 2.86. The van der Waals surface area contributed by atoms with Crippen LogP contribution >= 0.6 is 11.3 Å². The molecule has 0 aliphatic rings. The molecule has 3 nitrogen and oxygen atoms in total. The van der Waals surface area contributed by atoms with E-state index < -0.39 is 0 Å². The Bertz CT molecular complexity index is 701. The number of aromatic nitrogens is 2. The van der Waals surface area contributed by atoms with Gasteiger partial charge in [0.15, 0.2) is 0 Å². The Morgan fingerprint density at radius 2 is 1.89 bits per heavy atom. The molecule has 0 bridgehead atoms. The molecule has 3 rings (SSSR count). The largest absolute Gasteiger partial charge is 0.365 e. The first-order valence-electron chi connectivity index (χ1n) is 6.23. The predicted molar refractivity (Wildman–Crippen MR) is 80.7 cm³/mol. The topological polar surface area (TPSA) is 37.8 Å². The highest BCUT2D eigenvalue weighted by Crippen LogP contribution is 2.27. The van der Waals surface area contributed by atoms with Crippen molar-refractivity contribution in [2.24, 2.45) is 0 Å². The van der Waals surface area contributed by atoms with Crippen molar-refractivity contribution in [3.8, 4) is 0 Å². The molecule has 0 amide bonds. The summed E-state index contributed by atoms with van der Waals surface area (Å²) in [5, 5.41) is 4.50. The molecule has 4 heteroatoms. The van der Waals surface area contributed by atoms with E-state index in [9.17, 15) is 0 Å². The van der Waals surface area contributed by atoms with Crippen LogP contribution in [0, 0.1) is 13.8 Å². The minimum atomic E-state index is 0.779. The van der Waals surface area contributed by atoms with Gasteiger partial charge in [-0.05, 0) is 25.5 Å². The Morgan fingerprint density at radius 3 is 2.68 bits per heavy atom. The van der Waals surface area contributed by atoms with E-state index in [2.05, 4.69) is 59.5 Å². The quantitative estimate of drug-likeness (QED) is 0.783. The van der Waals surface area contributed by atoms with Gasteiger partial charge in [0.25, 0.3) is 0 Å². The second-order valence-electron chi connectivity index (χ2n) is 4.64. The summed E-state index contributed by atoms with van der Waals surface area (Å²) in [5.41, 5.74) is 2.53. The summed E-state index contributed by atoms with van der Waals surface area (Å²) in [5.74, 6) is 0.912. The van der Waals surface area contributed by atoms with Gasteiger partial charge >= 0.3 is 0 Å². The summed E-state index contributed by atoms with van der Waals surface area (Å²) in [7, 11) is 0. The average Bonchev–Trinajstić information content (AvgIpc) is 2.79. The molecule has 3 aromatic rings. The van der Waals surface area contributed by atoms with Crippen molar-refractivity contribution in [3.63, 3.8) is 0 Å². The number of hydrogen-bond donors (Lipinski definition) is 1. The van der Waals surface area contributed by atoms with E-state index in [4.69, 9.17) is 0 Å². The second kappa shape index (κ2) is 4.97. The minimum absolute atomic E-state index is 0.779. The highest BCUT2D eigenvalue weighted by molar-refractivity contribution is 7.18. The van der Waals surface area contributed by atoms with E-state index in [0.717, 1.165) is 22.6 Å². The van der Waals surface area contributed by atoms with Crippen LogP contribution in [-0.2, 0) is 6.54 Å². The fraction of sp³-hybridized carbons (Fsp3) is 0.200. The van der Waals surface area contributed by atoms with Crippen LogP contribution in [0.4, 0.5) is 5.82 Å². The van der Waals surface area contributed by atoms with Gasteiger partial charge in [0.2, 0.25) is 0 Å². The molecule has 0 atom stereocenters. The van der Waals surface area contributed by atoms with E-state index in [0.29, 0.717) is 0 Å². The molecule has 0 fully saturated rings. The zero-order chi connectivity index (χ0) is 13.2. The Balaban J connectivity index is 1.83. The van der Waals surface area contributed by atoms with Gasteiger partial charge in [0.1, 0.15) is 17.0 Å². The first-order valence-corrected chi connectivity index (χ1v) is 7.04. The number of nitrogens with zero attached hydrogens (tertiary/aromatic N) is 2. The standard InChI is InChI=1S/C15H15N3S/c1-10-3-5-12(6-4-10)8-16-14-13-7-11(2)19-15(13)18-9-17-14/h3-7,9H,8H2,1-2H3,(H,16,17,18). The van der Waals surface area contributed by atoms with E-state index >= 15 is 0 Å². The molecule has 0 radical (unpaired) electrons. The van der Waals surface area contributed by atoms with Gasteiger partial charge in [-0.15, -0.1) is 11.3 Å². The van der Waals surface area contributed by atoms with Crippen molar-refractivity contribution in [1.29, 1.82) is 0 Å². The zero-order valence-electron chi connectivity index (χ0n) is 11.0. The van der Waals surface area contributed by atoms with Gasteiger partial charge in [-0.3, -0.25) is 0 Å². The Kier molecular flexibility index (Phi) is 3.17. The zero-order valence-corrected chi connectivity index (χ0v) is 11.8. The van der Waals surface area contributed by atoms with Gasteiger partial charge in [-0.1, -0.05) is 29.8 Å². The number of hydrogen-bond acceptors (Lipinski definition) is 4. The molecule has 0 unspecified atom stereocenters. The van der Waals surface area contributed by atoms with Gasteiger partial charge < -0.3 is 5.32 Å². The summed E-state index contributed by atoms with van der Waals surface area (Å²) in [6.45, 7) is 4.97. The van der Waals surface area contributed by atoms with Crippen LogP contribution in [0.5, 0.6) is 0 Å². The summed E-state index contributed by atoms with van der Waals surface area (Å²) in [6.07, 6.45) is 1.62. The van der Waals surface area contributed by atoms with Gasteiger partial charge in [-0.2, -0.15) is 0 Å². The van der Waals surface area contributed by atoms with Crippen molar-refractivity contribution >= 4 is 27.4 Å². The summed E-state index contributed by atoms with van der Waals surface area (Å²) in [4.78, 5) is 10.9. The molecule has 0 spiro atoms. The third-order valence-corrected chi connectivity index (χ3v) is 3.99. The van der Waals surface area contributed by atoms with Crippen LogP contribution in [0.1, 0.15) is 16.0 Å². The molecular weight excluding hydrogens is 254 g/mol. The molecule has 2 aromatic heterocycles. The molecule has 2 heterocycles. The monoisotopic (exact) mass is 269 g/mol. The lowest BCUT2D eigenvalue weighted by Crippen LogP contribution is -2.01. The van der Waals surface area contributed by atoms with Crippen molar-refractivity contribution in [3.05, 3.63) is 52.7 Å². The lowest BCUT2D eigenvalue weighted by atomic mass is 10.1. The van der Waals surface area contributed by atoms with Crippen molar-refractivity contribution in [2.75, 3.05) is 5.32 Å². The number of fused-ring (bicyclic) bond motifs is 1. The highest BCUT2D eigenvalue weighted by atomic mass is 32.1. The third kappa shape index (κ3) is 2.58. The van der Waals surface area contributed by atoms with E-state index in [1.165, 1.54) is 16.0 Å². The van der Waals surface area contributed by atoms with E-state index in [-0.39, 0.29) is 0 Å². The number of nitrogens with one attached hydrogen (secondary N) is 1. The maximum absolute atomic E-state index is 4.34. The molecule has 0 aliphatic carbocycles. The normalized spacial score (nSPS) is 10.8. The number of anilines is 1. The maximum Gasteiger partial charge on any atom is 0.138 e. The Morgan fingerprint density at radius 1 is 1.11 bits per heavy atom. The molecule has 1 aromatic carbocycles. The van der Waals surface area contributed by atoms with Gasteiger partial charge in [-0.25, -0.2) is 9.97 Å². The average molecular weight is 269 g/mol. The van der Waals surface area contributed by atoms with Crippen molar-refractivity contribution in [2.45, 2.75) is 20.4 Å². The summed E-state index contributed by atoms with van der Waals surface area (Å²) in [6, 6.07) is 10.7. The number of aryl methyl sites for hydroxylation is 2. The highest BCUT2D eigenvalue weighted by Gasteiger charge is 2.06. The van der Waals surface area contributed by atoms with Crippen LogP contribution in [0.2, 0.25) is 0 Å². The smallest absolute Gasteiger partial charge is 0.138 e. The molecule has 1 N–H and O–H groups in total. The van der Waals surface area contributed by atoms with Crippen LogP contribution in [0.15, 0.2) is 36.7 Å². The number of thiophene rings is 1. The van der Waals surface area contributed by atoms with Gasteiger partial charge in [0, 0.05) is 11.4 Å². The Hall–Kier alpha value is -1.94. The van der Waals surface area contributed by atoms with E-state index in [1.807, 2.05) is 0 Å². The lowest BCUT2D eigenvalue weighted by molar-refractivity contribution is 1.10. The first kappa shape index (κ1) is 12.1. The Labute approximate surface area is 116 Å². The minimum Gasteiger partial charge on any atom is -0.365 e.